The van der Waals surface area contributed by atoms with Crippen molar-refractivity contribution in [3.8, 4) is 0 Å². The number of halogens is 1. The lowest BCUT2D eigenvalue weighted by Crippen LogP contribution is -2.09. The van der Waals surface area contributed by atoms with Crippen molar-refractivity contribution in [2.45, 2.75) is 49.8 Å². The fourth-order valence-corrected chi connectivity index (χ4v) is 3.84. The van der Waals surface area contributed by atoms with Gasteiger partial charge in [-0.1, -0.05) is 35.2 Å². The summed E-state index contributed by atoms with van der Waals surface area (Å²) in [7, 11) is -2.76. The Bertz CT molecular complexity index is 274. The molecule has 15 heavy (non-hydrogen) atoms. The molecule has 0 spiro atoms. The highest BCUT2D eigenvalue weighted by atomic mass is 79.9. The Morgan fingerprint density at radius 2 is 1.93 bits per heavy atom. The van der Waals surface area contributed by atoms with E-state index in [0.29, 0.717) is 10.6 Å². The molecule has 4 heteroatoms. The number of hydrogen-bond donors (Lipinski definition) is 0. The van der Waals surface area contributed by atoms with Gasteiger partial charge >= 0.3 is 0 Å². The van der Waals surface area contributed by atoms with Crippen molar-refractivity contribution in [2.24, 2.45) is 5.92 Å². The van der Waals surface area contributed by atoms with E-state index in [-0.39, 0.29) is 0 Å². The first kappa shape index (κ1) is 13.5. The lowest BCUT2D eigenvalue weighted by molar-refractivity contribution is 0.428. The zero-order chi connectivity index (χ0) is 11.3. The van der Waals surface area contributed by atoms with Gasteiger partial charge in [-0.2, -0.15) is 0 Å². The van der Waals surface area contributed by atoms with Gasteiger partial charge in [0, 0.05) is 16.8 Å². The molecule has 2 nitrogen and oxygen atoms in total. The summed E-state index contributed by atoms with van der Waals surface area (Å²) in [6, 6.07) is 0. The van der Waals surface area contributed by atoms with Crippen LogP contribution in [-0.4, -0.2) is 25.3 Å². The predicted octanol–water partition coefficient (Wildman–Crippen LogP) is 3.16. The van der Waals surface area contributed by atoms with Gasteiger partial charge in [0.15, 0.2) is 0 Å². The quantitative estimate of drug-likeness (QED) is 0.590. The number of rotatable bonds is 4. The van der Waals surface area contributed by atoms with E-state index in [4.69, 9.17) is 0 Å². The lowest BCUT2D eigenvalue weighted by Gasteiger charge is -2.15. The minimum Gasteiger partial charge on any atom is -0.229 e. The zero-order valence-corrected chi connectivity index (χ0v) is 11.8. The highest BCUT2D eigenvalue weighted by Gasteiger charge is 2.18. The fourth-order valence-electron chi connectivity index (χ4n) is 2.29. The van der Waals surface area contributed by atoms with E-state index < -0.39 is 9.84 Å². The van der Waals surface area contributed by atoms with Crippen molar-refractivity contribution in [1.82, 2.24) is 0 Å². The molecule has 0 aromatic heterocycles. The third-order valence-corrected chi connectivity index (χ3v) is 4.96. The zero-order valence-electron chi connectivity index (χ0n) is 9.41. The van der Waals surface area contributed by atoms with Crippen LogP contribution in [0.4, 0.5) is 0 Å². The van der Waals surface area contributed by atoms with Gasteiger partial charge in [0.25, 0.3) is 0 Å². The first-order valence-corrected chi connectivity index (χ1v) is 8.77. The number of alkyl halides is 1. The van der Waals surface area contributed by atoms with Crippen molar-refractivity contribution >= 4 is 25.8 Å². The monoisotopic (exact) mass is 296 g/mol. The summed E-state index contributed by atoms with van der Waals surface area (Å²) in [5, 5.41) is 0. The maximum absolute atomic E-state index is 11.0. The molecular weight excluding hydrogens is 276 g/mol. The second-order valence-electron chi connectivity index (χ2n) is 4.76. The Balaban J connectivity index is 2.25. The van der Waals surface area contributed by atoms with Crippen LogP contribution in [0.25, 0.3) is 0 Å². The van der Waals surface area contributed by atoms with E-state index in [1.165, 1.54) is 38.4 Å². The van der Waals surface area contributed by atoms with Crippen LogP contribution in [-0.2, 0) is 9.84 Å². The molecule has 2 unspecified atom stereocenters. The molecule has 0 aliphatic heterocycles. The topological polar surface area (TPSA) is 34.1 Å². The van der Waals surface area contributed by atoms with E-state index in [1.807, 2.05) is 0 Å². The summed E-state index contributed by atoms with van der Waals surface area (Å²) in [4.78, 5) is 0.656. The van der Waals surface area contributed by atoms with E-state index >= 15 is 0 Å². The summed E-state index contributed by atoms with van der Waals surface area (Å²) in [5.74, 6) is 1.09. The third-order valence-electron chi connectivity index (χ3n) is 3.10. The Kier molecular flexibility index (Phi) is 5.61. The lowest BCUT2D eigenvalue weighted by atomic mass is 9.95. The van der Waals surface area contributed by atoms with Crippen LogP contribution in [0.15, 0.2) is 0 Å². The average Bonchev–Trinajstić information content (AvgIpc) is 2.27. The normalized spacial score (nSPS) is 28.7. The predicted molar refractivity (Wildman–Crippen MR) is 68.2 cm³/mol. The van der Waals surface area contributed by atoms with Crippen LogP contribution in [0.1, 0.15) is 44.9 Å². The molecule has 0 aromatic rings. The van der Waals surface area contributed by atoms with E-state index in [0.717, 1.165) is 18.8 Å². The van der Waals surface area contributed by atoms with Gasteiger partial charge in [-0.3, -0.25) is 0 Å². The molecule has 1 rings (SSSR count). The van der Waals surface area contributed by atoms with Crippen LogP contribution in [0.5, 0.6) is 0 Å². The minimum atomic E-state index is -2.76. The SMILES string of the molecule is CS(=O)(=O)CCCC1CCCCC(Br)C1. The average molecular weight is 297 g/mol. The molecule has 0 radical (unpaired) electrons. The maximum Gasteiger partial charge on any atom is 0.147 e. The van der Waals surface area contributed by atoms with Gasteiger partial charge in [-0.25, -0.2) is 8.42 Å². The molecule has 0 heterocycles. The largest absolute Gasteiger partial charge is 0.229 e. The van der Waals surface area contributed by atoms with Gasteiger partial charge in [-0.15, -0.1) is 0 Å². The molecule has 0 amide bonds. The van der Waals surface area contributed by atoms with Crippen molar-refractivity contribution in [3.05, 3.63) is 0 Å². The Labute approximate surface area is 102 Å². The highest BCUT2D eigenvalue weighted by Crippen LogP contribution is 2.30. The second kappa shape index (κ2) is 6.24. The molecule has 0 saturated heterocycles. The molecule has 1 saturated carbocycles. The standard InChI is InChI=1S/C11H21BrO2S/c1-15(13,14)8-4-6-10-5-2-3-7-11(12)9-10/h10-11H,2-9H2,1H3. The molecule has 2 atom stereocenters. The Morgan fingerprint density at radius 3 is 2.60 bits per heavy atom. The molecule has 0 aromatic carbocycles. The van der Waals surface area contributed by atoms with Gasteiger partial charge in [0.2, 0.25) is 0 Å². The molecule has 1 fully saturated rings. The van der Waals surface area contributed by atoms with Gasteiger partial charge in [-0.05, 0) is 31.6 Å². The summed E-state index contributed by atoms with van der Waals surface area (Å²) in [5.41, 5.74) is 0. The van der Waals surface area contributed by atoms with Crippen molar-refractivity contribution in [2.75, 3.05) is 12.0 Å². The smallest absolute Gasteiger partial charge is 0.147 e. The Morgan fingerprint density at radius 1 is 1.27 bits per heavy atom. The first-order chi connectivity index (χ1) is 6.97. The van der Waals surface area contributed by atoms with Gasteiger partial charge in [0.05, 0.1) is 0 Å². The van der Waals surface area contributed by atoms with Crippen molar-refractivity contribution in [1.29, 1.82) is 0 Å². The van der Waals surface area contributed by atoms with E-state index in [2.05, 4.69) is 15.9 Å². The minimum absolute atomic E-state index is 0.358. The number of sulfone groups is 1. The van der Waals surface area contributed by atoms with Crippen molar-refractivity contribution in [3.63, 3.8) is 0 Å². The van der Waals surface area contributed by atoms with E-state index in [1.54, 1.807) is 0 Å². The maximum atomic E-state index is 11.0. The number of hydrogen-bond acceptors (Lipinski definition) is 2. The second-order valence-corrected chi connectivity index (χ2v) is 8.31. The third kappa shape index (κ3) is 6.56. The van der Waals surface area contributed by atoms with Gasteiger partial charge < -0.3 is 0 Å². The van der Waals surface area contributed by atoms with Crippen LogP contribution in [0.3, 0.4) is 0 Å². The van der Waals surface area contributed by atoms with E-state index in [9.17, 15) is 8.42 Å². The molecule has 1 aliphatic rings. The summed E-state index contributed by atoms with van der Waals surface area (Å²) in [6.07, 6.45) is 9.66. The highest BCUT2D eigenvalue weighted by molar-refractivity contribution is 9.09. The van der Waals surface area contributed by atoms with Crippen LogP contribution < -0.4 is 0 Å². The summed E-state index contributed by atoms with van der Waals surface area (Å²) >= 11 is 3.69. The first-order valence-electron chi connectivity index (χ1n) is 5.79. The van der Waals surface area contributed by atoms with Crippen LogP contribution >= 0.6 is 15.9 Å². The fraction of sp³-hybridized carbons (Fsp3) is 1.00. The molecular formula is C11H21BrO2S. The molecule has 0 bridgehead atoms. The molecule has 0 N–H and O–H groups in total. The summed E-state index contributed by atoms with van der Waals surface area (Å²) in [6.45, 7) is 0. The molecule has 1 aliphatic carbocycles. The van der Waals surface area contributed by atoms with Crippen molar-refractivity contribution < 1.29 is 8.42 Å². The van der Waals surface area contributed by atoms with Gasteiger partial charge in [0.1, 0.15) is 9.84 Å². The van der Waals surface area contributed by atoms with Crippen LogP contribution in [0, 0.1) is 5.92 Å². The van der Waals surface area contributed by atoms with Crippen LogP contribution in [0.2, 0.25) is 0 Å². The Hall–Kier alpha value is 0.430. The summed E-state index contributed by atoms with van der Waals surface area (Å²) < 4.78 is 22.0. The molecule has 90 valence electrons.